The van der Waals surface area contributed by atoms with Gasteiger partial charge in [-0.3, -0.25) is 0 Å². The molecule has 0 bridgehead atoms. The summed E-state index contributed by atoms with van der Waals surface area (Å²) in [5.41, 5.74) is 0.470. The first kappa shape index (κ1) is 7.10. The van der Waals surface area contributed by atoms with Crippen LogP contribution in [0.2, 0.25) is 0 Å². The summed E-state index contributed by atoms with van der Waals surface area (Å²) in [7, 11) is 0. The molecule has 1 rings (SSSR count). The number of hydrogen-bond acceptors (Lipinski definition) is 3. The van der Waals surface area contributed by atoms with Crippen LogP contribution in [0.5, 0.6) is 0 Å². The average molecular weight is 150 g/mol. The maximum atomic E-state index is 8.38. The second-order valence-electron chi connectivity index (χ2n) is 1.70. The summed E-state index contributed by atoms with van der Waals surface area (Å²) >= 11 is 1.62. The van der Waals surface area contributed by atoms with Crippen LogP contribution in [0.15, 0.2) is 23.2 Å². The van der Waals surface area contributed by atoms with Crippen LogP contribution in [0.1, 0.15) is 5.69 Å². The van der Waals surface area contributed by atoms with Crippen molar-refractivity contribution in [2.24, 2.45) is 0 Å². The van der Waals surface area contributed by atoms with Gasteiger partial charge in [-0.2, -0.15) is 5.26 Å². The fraction of sp³-hybridized carbons (Fsp3) is 0.143. The molecule has 0 aromatic carbocycles. The molecule has 0 radical (unpaired) electrons. The molecule has 3 heteroatoms. The number of thioether (sulfide) groups is 1. The second-order valence-corrected chi connectivity index (χ2v) is 2.57. The fourth-order valence-electron chi connectivity index (χ4n) is 0.567. The zero-order valence-electron chi connectivity index (χ0n) is 5.53. The Morgan fingerprint density at radius 3 is 2.80 bits per heavy atom. The summed E-state index contributed by atoms with van der Waals surface area (Å²) in [6.07, 6.45) is 3.67. The molecule has 0 spiro atoms. The van der Waals surface area contributed by atoms with Crippen LogP contribution < -0.4 is 0 Å². The number of nitrogens with zero attached hydrogens (tertiary/aromatic N) is 2. The van der Waals surface area contributed by atoms with Crippen molar-refractivity contribution in [3.05, 3.63) is 24.0 Å². The average Bonchev–Trinajstić information content (AvgIpc) is 2.05. The molecule has 0 aliphatic carbocycles. The molecular weight excluding hydrogens is 144 g/mol. The van der Waals surface area contributed by atoms with Gasteiger partial charge in [-0.1, -0.05) is 0 Å². The Hall–Kier alpha value is -1.01. The van der Waals surface area contributed by atoms with Crippen molar-refractivity contribution in [1.82, 2.24) is 4.98 Å². The highest BCUT2D eigenvalue weighted by atomic mass is 32.2. The molecule has 2 nitrogen and oxygen atoms in total. The highest BCUT2D eigenvalue weighted by Gasteiger charge is 1.90. The van der Waals surface area contributed by atoms with E-state index in [1.54, 1.807) is 24.0 Å². The fourth-order valence-corrected chi connectivity index (χ4v) is 0.929. The molecular formula is C7H6N2S. The van der Waals surface area contributed by atoms with Crippen LogP contribution in [0.4, 0.5) is 0 Å². The number of aromatic nitrogens is 1. The van der Waals surface area contributed by atoms with E-state index in [9.17, 15) is 0 Å². The molecule has 10 heavy (non-hydrogen) atoms. The van der Waals surface area contributed by atoms with Gasteiger partial charge in [0.25, 0.3) is 0 Å². The molecule has 0 fully saturated rings. The lowest BCUT2D eigenvalue weighted by Crippen LogP contribution is -1.79. The highest BCUT2D eigenvalue weighted by molar-refractivity contribution is 7.98. The molecule has 0 amide bonds. The third kappa shape index (κ3) is 1.49. The summed E-state index contributed by atoms with van der Waals surface area (Å²) < 4.78 is 0. The largest absolute Gasteiger partial charge is 0.244 e. The Bertz CT molecular complexity index is 247. The van der Waals surface area contributed by atoms with E-state index in [-0.39, 0.29) is 0 Å². The van der Waals surface area contributed by atoms with E-state index in [2.05, 4.69) is 4.98 Å². The number of nitriles is 1. The van der Waals surface area contributed by atoms with Crippen molar-refractivity contribution in [1.29, 1.82) is 5.26 Å². The van der Waals surface area contributed by atoms with Crippen LogP contribution in [-0.4, -0.2) is 11.2 Å². The highest BCUT2D eigenvalue weighted by Crippen LogP contribution is 2.11. The van der Waals surface area contributed by atoms with Gasteiger partial charge in [-0.05, 0) is 18.4 Å². The summed E-state index contributed by atoms with van der Waals surface area (Å²) in [4.78, 5) is 4.97. The number of hydrogen-bond donors (Lipinski definition) is 0. The molecule has 50 valence electrons. The SMILES string of the molecule is CSc1ccc(C#N)nc1. The van der Waals surface area contributed by atoms with Gasteiger partial charge in [0.2, 0.25) is 0 Å². The van der Waals surface area contributed by atoms with Gasteiger partial charge in [-0.25, -0.2) is 4.98 Å². The molecule has 0 saturated heterocycles. The summed E-state index contributed by atoms with van der Waals surface area (Å²) in [6, 6.07) is 5.56. The minimum absolute atomic E-state index is 0.470. The maximum Gasteiger partial charge on any atom is 0.140 e. The van der Waals surface area contributed by atoms with Crippen molar-refractivity contribution < 1.29 is 0 Å². The minimum Gasteiger partial charge on any atom is -0.244 e. The van der Waals surface area contributed by atoms with Gasteiger partial charge >= 0.3 is 0 Å². The van der Waals surface area contributed by atoms with E-state index in [0.717, 1.165) is 4.90 Å². The Balaban J connectivity index is 2.93. The first-order chi connectivity index (χ1) is 4.86. The van der Waals surface area contributed by atoms with Crippen molar-refractivity contribution >= 4 is 11.8 Å². The number of pyridine rings is 1. The lowest BCUT2D eigenvalue weighted by molar-refractivity contribution is 1.20. The zero-order valence-corrected chi connectivity index (χ0v) is 6.35. The molecule has 0 N–H and O–H groups in total. The normalized spacial score (nSPS) is 8.80. The van der Waals surface area contributed by atoms with E-state index in [0.29, 0.717) is 5.69 Å². The van der Waals surface area contributed by atoms with E-state index in [4.69, 9.17) is 5.26 Å². The van der Waals surface area contributed by atoms with Gasteiger partial charge in [0.1, 0.15) is 11.8 Å². The van der Waals surface area contributed by atoms with E-state index in [1.165, 1.54) is 0 Å². The van der Waals surface area contributed by atoms with Crippen molar-refractivity contribution in [2.45, 2.75) is 4.90 Å². The topological polar surface area (TPSA) is 36.7 Å². The third-order valence-corrected chi connectivity index (χ3v) is 1.80. The molecule has 0 unspecified atom stereocenters. The summed E-state index contributed by atoms with van der Waals surface area (Å²) in [6.45, 7) is 0. The van der Waals surface area contributed by atoms with Gasteiger partial charge in [0.15, 0.2) is 0 Å². The van der Waals surface area contributed by atoms with Crippen molar-refractivity contribution in [3.63, 3.8) is 0 Å². The smallest absolute Gasteiger partial charge is 0.140 e. The quantitative estimate of drug-likeness (QED) is 0.571. The van der Waals surface area contributed by atoms with Crippen molar-refractivity contribution in [2.75, 3.05) is 6.26 Å². The third-order valence-electron chi connectivity index (χ3n) is 1.09. The monoisotopic (exact) mass is 150 g/mol. The molecule has 1 heterocycles. The standard InChI is InChI=1S/C7H6N2S/c1-10-7-3-2-6(4-8)9-5-7/h2-3,5H,1H3. The Labute approximate surface area is 63.9 Å². The van der Waals surface area contributed by atoms with Crippen molar-refractivity contribution in [3.8, 4) is 6.07 Å². The van der Waals surface area contributed by atoms with E-state index in [1.807, 2.05) is 18.4 Å². The first-order valence-corrected chi connectivity index (χ1v) is 3.99. The van der Waals surface area contributed by atoms with Crippen LogP contribution in [0.25, 0.3) is 0 Å². The lowest BCUT2D eigenvalue weighted by Gasteiger charge is -1.91. The summed E-state index contributed by atoms with van der Waals surface area (Å²) in [5.74, 6) is 0. The minimum atomic E-state index is 0.470. The van der Waals surface area contributed by atoms with Gasteiger partial charge in [0.05, 0.1) is 0 Å². The van der Waals surface area contributed by atoms with Gasteiger partial charge in [-0.15, -0.1) is 11.8 Å². The van der Waals surface area contributed by atoms with E-state index >= 15 is 0 Å². The Morgan fingerprint density at radius 2 is 2.40 bits per heavy atom. The predicted octanol–water partition coefficient (Wildman–Crippen LogP) is 1.68. The lowest BCUT2D eigenvalue weighted by atomic mass is 10.4. The summed E-state index contributed by atoms with van der Waals surface area (Å²) in [5, 5.41) is 8.38. The maximum absolute atomic E-state index is 8.38. The van der Waals surface area contributed by atoms with Crippen LogP contribution in [-0.2, 0) is 0 Å². The molecule has 1 aromatic heterocycles. The zero-order chi connectivity index (χ0) is 7.40. The Morgan fingerprint density at radius 1 is 1.60 bits per heavy atom. The molecule has 1 aromatic rings. The number of rotatable bonds is 1. The van der Waals surface area contributed by atoms with Crippen LogP contribution in [0, 0.1) is 11.3 Å². The molecule has 0 aliphatic heterocycles. The van der Waals surface area contributed by atoms with Crippen LogP contribution >= 0.6 is 11.8 Å². The molecule has 0 saturated carbocycles. The van der Waals surface area contributed by atoms with Gasteiger partial charge in [0, 0.05) is 11.1 Å². The molecule has 0 aliphatic rings. The second kappa shape index (κ2) is 3.23. The first-order valence-electron chi connectivity index (χ1n) is 2.77. The predicted molar refractivity (Wildman–Crippen MR) is 40.7 cm³/mol. The molecule has 0 atom stereocenters. The van der Waals surface area contributed by atoms with E-state index < -0.39 is 0 Å². The van der Waals surface area contributed by atoms with Gasteiger partial charge < -0.3 is 0 Å². The van der Waals surface area contributed by atoms with Crippen LogP contribution in [0.3, 0.4) is 0 Å². The Kier molecular flexibility index (Phi) is 2.30.